The molecule has 0 aliphatic heterocycles. The molecular weight excluding hydrogens is 278 g/mol. The molecule has 3 aromatic rings. The Kier molecular flexibility index (Phi) is 3.62. The van der Waals surface area contributed by atoms with Crippen LogP contribution < -0.4 is 10.3 Å². The van der Waals surface area contributed by atoms with Crippen LogP contribution in [0.4, 0.5) is 5.82 Å². The molecule has 5 nitrogen and oxygen atoms in total. The number of methoxy groups -OCH3 is 1. The average Bonchev–Trinajstić information content (AvgIpc) is 2.93. The van der Waals surface area contributed by atoms with Crippen LogP contribution in [-0.4, -0.2) is 18.1 Å². The number of pyridine rings is 1. The Balaban J connectivity index is 2.30. The highest BCUT2D eigenvalue weighted by Crippen LogP contribution is 2.32. The lowest BCUT2D eigenvalue weighted by Gasteiger charge is -2.03. The molecule has 5 heteroatoms. The van der Waals surface area contributed by atoms with Gasteiger partial charge in [-0.25, -0.2) is 4.79 Å². The van der Waals surface area contributed by atoms with Crippen molar-refractivity contribution < 1.29 is 14.1 Å². The molecule has 0 bridgehead atoms. The minimum atomic E-state index is -0.451. The van der Waals surface area contributed by atoms with Crippen LogP contribution in [0.15, 0.2) is 60.9 Å². The van der Waals surface area contributed by atoms with Gasteiger partial charge in [-0.2, -0.15) is 4.57 Å². The Morgan fingerprint density at radius 3 is 2.36 bits per heavy atom. The first-order valence-corrected chi connectivity index (χ1v) is 6.84. The van der Waals surface area contributed by atoms with Crippen molar-refractivity contribution in [2.75, 3.05) is 12.8 Å². The van der Waals surface area contributed by atoms with Gasteiger partial charge >= 0.3 is 5.97 Å². The van der Waals surface area contributed by atoms with Gasteiger partial charge in [-0.1, -0.05) is 36.4 Å². The number of benzene rings is 1. The van der Waals surface area contributed by atoms with E-state index >= 15 is 0 Å². The van der Waals surface area contributed by atoms with E-state index in [1.54, 1.807) is 0 Å². The van der Waals surface area contributed by atoms with Crippen LogP contribution in [0.3, 0.4) is 0 Å². The molecule has 0 atom stereocenters. The van der Waals surface area contributed by atoms with Gasteiger partial charge in [0, 0.05) is 12.1 Å². The molecule has 0 radical (unpaired) electrons. The number of rotatable bonds is 3. The first-order chi connectivity index (χ1) is 10.7. The van der Waals surface area contributed by atoms with E-state index in [1.807, 2.05) is 65.5 Å². The molecule has 1 aromatic carbocycles. The van der Waals surface area contributed by atoms with Gasteiger partial charge in [0.2, 0.25) is 0 Å². The van der Waals surface area contributed by atoms with Crippen LogP contribution in [0.5, 0.6) is 0 Å². The summed E-state index contributed by atoms with van der Waals surface area (Å²) in [6, 6.07) is 15.3. The van der Waals surface area contributed by atoms with E-state index in [0.29, 0.717) is 11.5 Å². The van der Waals surface area contributed by atoms with Gasteiger partial charge in [0.1, 0.15) is 5.69 Å². The second-order valence-electron chi connectivity index (χ2n) is 4.78. The summed E-state index contributed by atoms with van der Waals surface area (Å²) >= 11 is 0. The van der Waals surface area contributed by atoms with Crippen molar-refractivity contribution in [3.8, 4) is 16.8 Å². The lowest BCUT2D eigenvalue weighted by Crippen LogP contribution is -2.30. The summed E-state index contributed by atoms with van der Waals surface area (Å²) in [4.78, 5) is 15.0. The van der Waals surface area contributed by atoms with Crippen molar-refractivity contribution in [3.05, 3.63) is 66.6 Å². The number of esters is 1. The van der Waals surface area contributed by atoms with E-state index in [2.05, 4.69) is 4.98 Å². The molecule has 110 valence electrons. The zero-order valence-corrected chi connectivity index (χ0v) is 12.1. The van der Waals surface area contributed by atoms with Crippen LogP contribution in [-0.2, 0) is 4.74 Å². The third-order valence-corrected chi connectivity index (χ3v) is 3.43. The maximum Gasteiger partial charge on any atom is 0.355 e. The van der Waals surface area contributed by atoms with Gasteiger partial charge in [0.25, 0.3) is 5.69 Å². The summed E-state index contributed by atoms with van der Waals surface area (Å²) in [5.41, 5.74) is 8.81. The van der Waals surface area contributed by atoms with E-state index in [4.69, 9.17) is 10.5 Å². The van der Waals surface area contributed by atoms with Crippen molar-refractivity contribution in [2.45, 2.75) is 0 Å². The smallest absolute Gasteiger partial charge is 0.355 e. The molecule has 3 rings (SSSR count). The normalized spacial score (nSPS) is 10.4. The minimum absolute atomic E-state index is 0.345. The zero-order chi connectivity index (χ0) is 15.5. The fraction of sp³-hybridized carbons (Fsp3) is 0.0588. The summed E-state index contributed by atoms with van der Waals surface area (Å²) in [6.45, 7) is 0. The SMILES string of the molecule is COC(=O)c1[nH]c(N)c(-[n+]2ccccc2)c1-c1ccccc1. The molecule has 0 saturated carbocycles. The first kappa shape index (κ1) is 13.9. The van der Waals surface area contributed by atoms with Crippen molar-refractivity contribution >= 4 is 11.8 Å². The van der Waals surface area contributed by atoms with Gasteiger partial charge in [-0.3, -0.25) is 0 Å². The quantitative estimate of drug-likeness (QED) is 0.575. The fourth-order valence-electron chi connectivity index (χ4n) is 2.47. The topological polar surface area (TPSA) is 72.0 Å². The monoisotopic (exact) mass is 294 g/mol. The van der Waals surface area contributed by atoms with E-state index in [-0.39, 0.29) is 0 Å². The molecule has 2 heterocycles. The average molecular weight is 294 g/mol. The summed E-state index contributed by atoms with van der Waals surface area (Å²) < 4.78 is 6.74. The predicted molar refractivity (Wildman–Crippen MR) is 83.5 cm³/mol. The van der Waals surface area contributed by atoms with Crippen molar-refractivity contribution in [1.29, 1.82) is 0 Å². The van der Waals surface area contributed by atoms with E-state index in [0.717, 1.165) is 16.8 Å². The third kappa shape index (κ3) is 2.33. The maximum absolute atomic E-state index is 12.1. The molecule has 0 aliphatic rings. The summed E-state index contributed by atoms with van der Waals surface area (Å²) in [6.07, 6.45) is 3.76. The highest BCUT2D eigenvalue weighted by Gasteiger charge is 2.28. The standard InChI is InChI=1S/C17H15N3O2/c1-22-17(21)14-13(12-8-4-2-5-9-12)15(16(18)19-14)20-10-6-3-7-11-20/h2-11H,1H3,(H2-,18,19,21)/p+1. The number of nitrogens with zero attached hydrogens (tertiary/aromatic N) is 1. The van der Waals surface area contributed by atoms with Crippen LogP contribution in [0, 0.1) is 0 Å². The Labute approximate surface area is 128 Å². The summed E-state index contributed by atoms with van der Waals surface area (Å²) in [5.74, 6) is -0.0382. The molecule has 3 N–H and O–H groups in total. The van der Waals surface area contributed by atoms with E-state index < -0.39 is 5.97 Å². The largest absolute Gasteiger partial charge is 0.464 e. The van der Waals surface area contributed by atoms with Gasteiger partial charge in [-0.05, 0) is 5.56 Å². The lowest BCUT2D eigenvalue weighted by molar-refractivity contribution is -0.594. The number of nitrogens with two attached hydrogens (primary N) is 1. The van der Waals surface area contributed by atoms with Crippen molar-refractivity contribution in [3.63, 3.8) is 0 Å². The number of H-pyrrole nitrogens is 1. The second kappa shape index (κ2) is 5.73. The number of aromatic nitrogens is 2. The second-order valence-corrected chi connectivity index (χ2v) is 4.78. The number of carbonyl (C=O) groups excluding carboxylic acids is 1. The Hall–Kier alpha value is -3.08. The molecule has 2 aromatic heterocycles. The van der Waals surface area contributed by atoms with Crippen molar-refractivity contribution in [2.24, 2.45) is 0 Å². The molecule has 0 saturated heterocycles. The zero-order valence-electron chi connectivity index (χ0n) is 12.1. The highest BCUT2D eigenvalue weighted by atomic mass is 16.5. The highest BCUT2D eigenvalue weighted by molar-refractivity contribution is 5.99. The fourth-order valence-corrected chi connectivity index (χ4v) is 2.47. The Morgan fingerprint density at radius 2 is 1.73 bits per heavy atom. The Morgan fingerprint density at radius 1 is 1.09 bits per heavy atom. The minimum Gasteiger partial charge on any atom is -0.464 e. The molecule has 0 fully saturated rings. The van der Waals surface area contributed by atoms with Crippen LogP contribution in [0.25, 0.3) is 16.8 Å². The number of hydrogen-bond acceptors (Lipinski definition) is 3. The molecular formula is C17H16N3O2+. The van der Waals surface area contributed by atoms with Crippen molar-refractivity contribution in [1.82, 2.24) is 4.98 Å². The molecule has 0 spiro atoms. The number of anilines is 1. The molecule has 0 unspecified atom stereocenters. The molecule has 22 heavy (non-hydrogen) atoms. The van der Waals surface area contributed by atoms with E-state index in [9.17, 15) is 4.79 Å². The Bertz CT molecular complexity index is 796. The van der Waals surface area contributed by atoms with Gasteiger partial charge in [0.15, 0.2) is 18.2 Å². The van der Waals surface area contributed by atoms with E-state index in [1.165, 1.54) is 7.11 Å². The maximum atomic E-state index is 12.1. The number of nitrogen functional groups attached to an aromatic ring is 1. The van der Waals surface area contributed by atoms with Gasteiger partial charge in [0.05, 0.1) is 12.7 Å². The first-order valence-electron chi connectivity index (χ1n) is 6.84. The molecule has 0 aliphatic carbocycles. The number of carbonyl (C=O) groups is 1. The summed E-state index contributed by atoms with van der Waals surface area (Å²) in [5, 5.41) is 0. The predicted octanol–water partition coefficient (Wildman–Crippen LogP) is 2.33. The van der Waals surface area contributed by atoms with Gasteiger partial charge in [-0.15, -0.1) is 0 Å². The molecule has 0 amide bonds. The number of nitrogens with one attached hydrogen (secondary N) is 1. The lowest BCUT2D eigenvalue weighted by atomic mass is 10.0. The number of ether oxygens (including phenoxy) is 1. The number of hydrogen-bond donors (Lipinski definition) is 2. The third-order valence-electron chi connectivity index (χ3n) is 3.43. The van der Waals surface area contributed by atoms with Gasteiger partial charge < -0.3 is 15.5 Å². The van der Waals surface area contributed by atoms with Crippen LogP contribution in [0.1, 0.15) is 10.5 Å². The van der Waals surface area contributed by atoms with Crippen LogP contribution >= 0.6 is 0 Å². The van der Waals surface area contributed by atoms with Crippen LogP contribution in [0.2, 0.25) is 0 Å². The summed E-state index contributed by atoms with van der Waals surface area (Å²) in [7, 11) is 1.35. The number of aromatic amines is 1.